The lowest BCUT2D eigenvalue weighted by Crippen LogP contribution is -2.41. The smallest absolute Gasteiger partial charge is 0.310 e. The highest BCUT2D eigenvalue weighted by Crippen LogP contribution is 2.30. The van der Waals surface area contributed by atoms with Crippen molar-refractivity contribution in [1.29, 1.82) is 0 Å². The fourth-order valence-corrected chi connectivity index (χ4v) is 5.25. The molecule has 0 bridgehead atoms. The highest BCUT2D eigenvalue weighted by molar-refractivity contribution is 5.73. The summed E-state index contributed by atoms with van der Waals surface area (Å²) in [5.41, 5.74) is 0. The molecule has 1 N–H and O–H groups in total. The van der Waals surface area contributed by atoms with Crippen LogP contribution in [0.3, 0.4) is 0 Å². The van der Waals surface area contributed by atoms with Gasteiger partial charge in [0.05, 0.1) is 38.1 Å². The van der Waals surface area contributed by atoms with E-state index in [1.54, 1.807) is 12.4 Å². The van der Waals surface area contributed by atoms with Gasteiger partial charge in [-0.2, -0.15) is 0 Å². The number of para-hydroxylation sites is 2. The van der Waals surface area contributed by atoms with Crippen LogP contribution < -0.4 is 24.6 Å². The molecule has 4 heterocycles. The van der Waals surface area contributed by atoms with Crippen molar-refractivity contribution in [2.45, 2.75) is 45.6 Å². The molecule has 10 nitrogen and oxygen atoms in total. The van der Waals surface area contributed by atoms with Crippen LogP contribution in [0.15, 0.2) is 54.9 Å². The molecule has 3 aromatic rings. The molecule has 2 aliphatic heterocycles. The molecule has 0 radical (unpaired) electrons. The Morgan fingerprint density at radius 2 is 1.65 bits per heavy atom. The summed E-state index contributed by atoms with van der Waals surface area (Å²) in [6.07, 6.45) is 7.24. The molecular weight excluding hydrogens is 508 g/mol. The Bertz CT molecular complexity index is 1270. The highest BCUT2D eigenvalue weighted by Gasteiger charge is 2.28. The molecule has 2 atom stereocenters. The van der Waals surface area contributed by atoms with Gasteiger partial charge in [0.15, 0.2) is 17.3 Å². The van der Waals surface area contributed by atoms with Crippen molar-refractivity contribution >= 4 is 29.2 Å². The van der Waals surface area contributed by atoms with Gasteiger partial charge in [-0.1, -0.05) is 18.2 Å². The van der Waals surface area contributed by atoms with Crippen LogP contribution in [0.25, 0.3) is 0 Å². The molecule has 1 aromatic carbocycles. The first-order valence-electron chi connectivity index (χ1n) is 14.2. The van der Waals surface area contributed by atoms with Crippen LogP contribution in [0.2, 0.25) is 0 Å². The van der Waals surface area contributed by atoms with E-state index in [9.17, 15) is 4.79 Å². The second-order valence-corrected chi connectivity index (χ2v) is 10.0. The molecule has 0 saturated carbocycles. The predicted molar refractivity (Wildman–Crippen MR) is 155 cm³/mol. The van der Waals surface area contributed by atoms with E-state index in [2.05, 4.69) is 20.1 Å². The van der Waals surface area contributed by atoms with E-state index in [1.165, 1.54) is 0 Å². The minimum absolute atomic E-state index is 0.0232. The number of nitrogens with one attached hydrogen (secondary N) is 1. The average molecular weight is 547 g/mol. The average Bonchev–Trinajstić information content (AvgIpc) is 2.99. The van der Waals surface area contributed by atoms with Crippen LogP contribution in [0.4, 0.5) is 23.3 Å². The zero-order valence-corrected chi connectivity index (χ0v) is 23.3. The van der Waals surface area contributed by atoms with E-state index in [4.69, 9.17) is 24.2 Å². The Labute approximate surface area is 235 Å². The number of rotatable bonds is 10. The summed E-state index contributed by atoms with van der Waals surface area (Å²) in [5, 5.41) is 3.31. The highest BCUT2D eigenvalue weighted by atomic mass is 16.5. The number of ether oxygens (including phenoxy) is 3. The maximum atomic E-state index is 12.3. The number of benzene rings is 1. The molecule has 40 heavy (non-hydrogen) atoms. The van der Waals surface area contributed by atoms with Crippen LogP contribution >= 0.6 is 0 Å². The molecule has 2 aromatic heterocycles. The van der Waals surface area contributed by atoms with E-state index < -0.39 is 0 Å². The predicted octanol–water partition coefficient (Wildman–Crippen LogP) is 4.84. The van der Waals surface area contributed by atoms with Crippen molar-refractivity contribution < 1.29 is 19.0 Å². The van der Waals surface area contributed by atoms with E-state index in [0.29, 0.717) is 37.9 Å². The Morgan fingerprint density at radius 1 is 0.875 bits per heavy atom. The number of piperidine rings is 2. The number of esters is 1. The number of carbonyl (C=O) groups excluding carboxylic acids is 1. The number of hydrogen-bond donors (Lipinski definition) is 1. The molecule has 2 saturated heterocycles. The molecule has 2 fully saturated rings. The van der Waals surface area contributed by atoms with Gasteiger partial charge in [-0.05, 0) is 63.8 Å². The zero-order chi connectivity index (χ0) is 27.7. The van der Waals surface area contributed by atoms with Crippen molar-refractivity contribution in [3.63, 3.8) is 0 Å². The molecular formula is C30H38N6O4. The van der Waals surface area contributed by atoms with Gasteiger partial charge in [0.1, 0.15) is 23.6 Å². The van der Waals surface area contributed by atoms with Gasteiger partial charge >= 0.3 is 5.97 Å². The first-order chi connectivity index (χ1) is 19.6. The van der Waals surface area contributed by atoms with Gasteiger partial charge in [-0.3, -0.25) is 9.78 Å². The van der Waals surface area contributed by atoms with E-state index in [0.717, 1.165) is 61.9 Å². The quantitative estimate of drug-likeness (QED) is 0.355. The second kappa shape index (κ2) is 13.3. The van der Waals surface area contributed by atoms with Crippen LogP contribution in [-0.2, 0) is 9.53 Å². The lowest BCUT2D eigenvalue weighted by molar-refractivity contribution is -0.148. The van der Waals surface area contributed by atoms with Crippen LogP contribution in [0.5, 0.6) is 11.5 Å². The van der Waals surface area contributed by atoms with Crippen LogP contribution in [-0.4, -0.2) is 66.4 Å². The number of hydrogen-bond acceptors (Lipinski definition) is 10. The fourth-order valence-electron chi connectivity index (χ4n) is 5.25. The lowest BCUT2D eigenvalue weighted by atomic mass is 9.98. The Kier molecular flexibility index (Phi) is 9.15. The van der Waals surface area contributed by atoms with Gasteiger partial charge in [-0.15, -0.1) is 0 Å². The minimum Gasteiger partial charge on any atom is -0.490 e. The van der Waals surface area contributed by atoms with Crippen molar-refractivity contribution in [3.05, 3.63) is 54.9 Å². The van der Waals surface area contributed by atoms with Gasteiger partial charge in [0.25, 0.3) is 0 Å². The monoisotopic (exact) mass is 546 g/mol. The summed E-state index contributed by atoms with van der Waals surface area (Å²) < 4.78 is 17.3. The molecule has 0 spiro atoms. The zero-order valence-electron chi connectivity index (χ0n) is 23.3. The van der Waals surface area contributed by atoms with Crippen molar-refractivity contribution in [3.8, 4) is 11.5 Å². The van der Waals surface area contributed by atoms with E-state index in [-0.39, 0.29) is 18.0 Å². The SMILES string of the molecule is CCOC(=O)C1CCCN(c2cccc(Nc3cncc(N4CCC[C@@H](Oc5ccccc5OCC)C4)n3)n2)C1. The number of nitrogens with zero attached hydrogens (tertiary/aromatic N) is 5. The van der Waals surface area contributed by atoms with E-state index in [1.807, 2.05) is 56.3 Å². The summed E-state index contributed by atoms with van der Waals surface area (Å²) in [7, 11) is 0. The molecule has 10 heteroatoms. The summed E-state index contributed by atoms with van der Waals surface area (Å²) in [5.74, 6) is 4.20. The Balaban J connectivity index is 1.23. The first kappa shape index (κ1) is 27.5. The summed E-state index contributed by atoms with van der Waals surface area (Å²) >= 11 is 0. The van der Waals surface area contributed by atoms with Crippen molar-refractivity contribution in [1.82, 2.24) is 15.0 Å². The van der Waals surface area contributed by atoms with E-state index >= 15 is 0 Å². The Hall–Kier alpha value is -4.08. The standard InChI is InChI=1S/C30H38N6O4/c1-3-38-24-12-5-6-13-25(24)40-23-11-9-17-36(21-23)29-19-31-18-27(34-29)32-26-14-7-15-28(33-26)35-16-8-10-22(20-35)30(37)39-4-2/h5-7,12-15,18-19,22-23H,3-4,8-11,16-17,20-21H2,1-2H3,(H,32,33,34)/t22?,23-/m1/s1. The number of carbonyl (C=O) groups is 1. The van der Waals surface area contributed by atoms with Crippen molar-refractivity contribution in [2.75, 3.05) is 54.5 Å². The maximum Gasteiger partial charge on any atom is 0.310 e. The van der Waals surface area contributed by atoms with Gasteiger partial charge in [0.2, 0.25) is 0 Å². The molecule has 2 aliphatic rings. The molecule has 0 amide bonds. The maximum absolute atomic E-state index is 12.3. The molecule has 5 rings (SSSR count). The third-order valence-electron chi connectivity index (χ3n) is 7.12. The lowest BCUT2D eigenvalue weighted by Gasteiger charge is -2.34. The normalized spacial score (nSPS) is 19.1. The molecule has 0 aliphatic carbocycles. The first-order valence-corrected chi connectivity index (χ1v) is 14.2. The molecule has 212 valence electrons. The number of aromatic nitrogens is 3. The topological polar surface area (TPSA) is 102 Å². The van der Waals surface area contributed by atoms with Gasteiger partial charge in [-0.25, -0.2) is 9.97 Å². The summed E-state index contributed by atoms with van der Waals surface area (Å²) in [6.45, 7) is 7.87. The molecule has 1 unspecified atom stereocenters. The van der Waals surface area contributed by atoms with Gasteiger partial charge < -0.3 is 29.3 Å². The van der Waals surface area contributed by atoms with Crippen LogP contribution in [0.1, 0.15) is 39.5 Å². The van der Waals surface area contributed by atoms with Gasteiger partial charge in [0, 0.05) is 19.6 Å². The summed E-state index contributed by atoms with van der Waals surface area (Å²) in [4.78, 5) is 30.7. The van der Waals surface area contributed by atoms with Crippen LogP contribution in [0, 0.1) is 5.92 Å². The number of anilines is 4. The number of pyridine rings is 1. The third-order valence-corrected chi connectivity index (χ3v) is 7.12. The minimum atomic E-state index is -0.127. The fraction of sp³-hybridized carbons (Fsp3) is 0.467. The largest absolute Gasteiger partial charge is 0.490 e. The summed E-state index contributed by atoms with van der Waals surface area (Å²) in [6, 6.07) is 13.7. The van der Waals surface area contributed by atoms with Crippen molar-refractivity contribution in [2.24, 2.45) is 5.92 Å². The second-order valence-electron chi connectivity index (χ2n) is 10.0. The third kappa shape index (κ3) is 6.91. The Morgan fingerprint density at radius 3 is 2.48 bits per heavy atom.